The fraction of sp³-hybridized carbons (Fsp3) is 0.417. The Morgan fingerprint density at radius 3 is 3.00 bits per heavy atom. The quantitative estimate of drug-likeness (QED) is 0.704. The molecule has 1 fully saturated rings. The van der Waals surface area contributed by atoms with Crippen molar-refractivity contribution in [3.8, 4) is 0 Å². The van der Waals surface area contributed by atoms with Gasteiger partial charge in [-0.05, 0) is 31.0 Å². The lowest BCUT2D eigenvalue weighted by atomic mass is 10.0. The molecule has 2 N–H and O–H groups in total. The smallest absolute Gasteiger partial charge is 0.229 e. The van der Waals surface area contributed by atoms with Gasteiger partial charge >= 0.3 is 0 Å². The molecule has 0 saturated heterocycles. The van der Waals surface area contributed by atoms with Gasteiger partial charge in [0.05, 0.1) is 17.3 Å². The molecule has 2 unspecified atom stereocenters. The molecule has 3 rings (SSSR count). The molecule has 0 spiro atoms. The molecule has 1 aliphatic carbocycles. The molecule has 3 nitrogen and oxygen atoms in total. The molecule has 1 aromatic carbocycles. The third-order valence-electron chi connectivity index (χ3n) is 3.43. The van der Waals surface area contributed by atoms with E-state index in [-0.39, 0.29) is 23.7 Å². The lowest BCUT2D eigenvalue weighted by Gasteiger charge is -2.16. The van der Waals surface area contributed by atoms with Crippen LogP contribution in [0, 0.1) is 11.7 Å². The highest BCUT2D eigenvalue weighted by Gasteiger charge is 2.35. The summed E-state index contributed by atoms with van der Waals surface area (Å²) in [6.07, 6.45) is 2.95. The number of rotatable bonds is 0. The summed E-state index contributed by atoms with van der Waals surface area (Å²) < 4.78 is 13.1. The number of amides is 1. The summed E-state index contributed by atoms with van der Waals surface area (Å²) in [5.74, 6) is -0.201. The van der Waals surface area contributed by atoms with Gasteiger partial charge in [-0.1, -0.05) is 6.42 Å². The summed E-state index contributed by atoms with van der Waals surface area (Å²) in [6.45, 7) is 0. The molecule has 4 heteroatoms. The third kappa shape index (κ3) is 1.45. The summed E-state index contributed by atoms with van der Waals surface area (Å²) >= 11 is 0. The lowest BCUT2D eigenvalue weighted by molar-refractivity contribution is -0.119. The van der Waals surface area contributed by atoms with Crippen LogP contribution >= 0.6 is 0 Å². The number of hydrogen-bond acceptors (Lipinski definition) is 2. The first-order chi connectivity index (χ1) is 7.74. The van der Waals surface area contributed by atoms with Gasteiger partial charge in [0.15, 0.2) is 0 Å². The molecular weight excluding hydrogens is 207 g/mol. The summed E-state index contributed by atoms with van der Waals surface area (Å²) in [5, 5.41) is 6.12. The van der Waals surface area contributed by atoms with Crippen LogP contribution < -0.4 is 10.6 Å². The molecule has 0 radical (unpaired) electrons. The zero-order valence-electron chi connectivity index (χ0n) is 8.79. The van der Waals surface area contributed by atoms with Gasteiger partial charge in [-0.25, -0.2) is 4.39 Å². The van der Waals surface area contributed by atoms with Crippen LogP contribution in [0.2, 0.25) is 0 Å². The first-order valence-electron chi connectivity index (χ1n) is 5.61. The van der Waals surface area contributed by atoms with Crippen LogP contribution in [0.3, 0.4) is 0 Å². The zero-order chi connectivity index (χ0) is 11.1. The maximum absolute atomic E-state index is 13.1. The number of carbonyl (C=O) groups is 1. The molecular formula is C12H13FN2O. The van der Waals surface area contributed by atoms with Gasteiger partial charge in [-0.15, -0.1) is 0 Å². The minimum absolute atomic E-state index is 0.0236. The van der Waals surface area contributed by atoms with E-state index in [1.807, 2.05) is 0 Å². The van der Waals surface area contributed by atoms with Gasteiger partial charge in [-0.3, -0.25) is 4.79 Å². The summed E-state index contributed by atoms with van der Waals surface area (Å²) in [6, 6.07) is 4.57. The van der Waals surface area contributed by atoms with E-state index in [0.29, 0.717) is 11.4 Å². The molecule has 1 saturated carbocycles. The Hall–Kier alpha value is -1.58. The highest BCUT2D eigenvalue weighted by atomic mass is 19.1. The maximum atomic E-state index is 13.1. The van der Waals surface area contributed by atoms with Gasteiger partial charge in [0.1, 0.15) is 5.82 Å². The molecule has 16 heavy (non-hydrogen) atoms. The van der Waals surface area contributed by atoms with Crippen LogP contribution in [-0.2, 0) is 4.79 Å². The Morgan fingerprint density at radius 2 is 2.12 bits per heavy atom. The van der Waals surface area contributed by atoms with Crippen molar-refractivity contribution in [2.45, 2.75) is 25.3 Å². The largest absolute Gasteiger partial charge is 0.380 e. The van der Waals surface area contributed by atoms with Gasteiger partial charge in [0, 0.05) is 6.04 Å². The van der Waals surface area contributed by atoms with Crippen molar-refractivity contribution in [1.29, 1.82) is 0 Å². The van der Waals surface area contributed by atoms with Gasteiger partial charge in [-0.2, -0.15) is 0 Å². The maximum Gasteiger partial charge on any atom is 0.229 e. The Morgan fingerprint density at radius 1 is 1.25 bits per heavy atom. The molecule has 84 valence electrons. The van der Waals surface area contributed by atoms with Crippen molar-refractivity contribution >= 4 is 17.3 Å². The number of anilines is 2. The van der Waals surface area contributed by atoms with E-state index in [2.05, 4.69) is 10.6 Å². The minimum atomic E-state index is -0.281. The Kier molecular flexibility index (Phi) is 2.09. The molecule has 1 amide bonds. The van der Waals surface area contributed by atoms with Crippen molar-refractivity contribution in [3.05, 3.63) is 24.0 Å². The van der Waals surface area contributed by atoms with Crippen molar-refractivity contribution in [2.24, 2.45) is 5.92 Å². The monoisotopic (exact) mass is 220 g/mol. The van der Waals surface area contributed by atoms with Crippen LogP contribution in [0.5, 0.6) is 0 Å². The van der Waals surface area contributed by atoms with Crippen molar-refractivity contribution in [1.82, 2.24) is 0 Å². The fourth-order valence-electron chi connectivity index (χ4n) is 2.62. The van der Waals surface area contributed by atoms with Gasteiger partial charge in [0.2, 0.25) is 5.91 Å². The van der Waals surface area contributed by atoms with Gasteiger partial charge in [0.25, 0.3) is 0 Å². The molecule has 2 atom stereocenters. The number of carbonyl (C=O) groups excluding carboxylic acids is 1. The second kappa shape index (κ2) is 3.47. The van der Waals surface area contributed by atoms with E-state index >= 15 is 0 Å². The van der Waals surface area contributed by atoms with Crippen molar-refractivity contribution in [3.63, 3.8) is 0 Å². The number of nitrogens with one attached hydrogen (secondary N) is 2. The van der Waals surface area contributed by atoms with E-state index in [1.54, 1.807) is 6.07 Å². The van der Waals surface area contributed by atoms with Crippen LogP contribution in [-0.4, -0.2) is 11.9 Å². The molecule has 0 bridgehead atoms. The lowest BCUT2D eigenvalue weighted by Crippen LogP contribution is -2.30. The Balaban J connectivity index is 2.01. The number of hydrogen-bond donors (Lipinski definition) is 2. The van der Waals surface area contributed by atoms with Crippen molar-refractivity contribution in [2.75, 3.05) is 10.6 Å². The standard InChI is InChI=1S/C12H13FN2O/c13-7-4-5-10-11(6-7)14-9-3-1-2-8(9)12(16)15-10/h4-6,8-9,14H,1-3H2,(H,15,16). The predicted octanol–water partition coefficient (Wildman–Crippen LogP) is 2.36. The zero-order valence-corrected chi connectivity index (χ0v) is 8.79. The second-order valence-corrected chi connectivity index (χ2v) is 4.47. The number of benzene rings is 1. The summed E-state index contributed by atoms with van der Waals surface area (Å²) in [7, 11) is 0. The van der Waals surface area contributed by atoms with E-state index in [9.17, 15) is 9.18 Å². The van der Waals surface area contributed by atoms with Crippen LogP contribution in [0.25, 0.3) is 0 Å². The average Bonchev–Trinajstić information content (AvgIpc) is 2.65. The number of fused-ring (bicyclic) bond motifs is 2. The third-order valence-corrected chi connectivity index (χ3v) is 3.43. The highest BCUT2D eigenvalue weighted by molar-refractivity contribution is 5.98. The molecule has 0 aromatic heterocycles. The second-order valence-electron chi connectivity index (χ2n) is 4.47. The van der Waals surface area contributed by atoms with Crippen LogP contribution in [0.4, 0.5) is 15.8 Å². The summed E-state index contributed by atoms with van der Waals surface area (Å²) in [4.78, 5) is 11.9. The molecule has 1 aliphatic heterocycles. The van der Waals surface area contributed by atoms with E-state index in [1.165, 1.54) is 12.1 Å². The fourth-order valence-corrected chi connectivity index (χ4v) is 2.62. The van der Waals surface area contributed by atoms with E-state index in [4.69, 9.17) is 0 Å². The normalized spacial score (nSPS) is 27.4. The molecule has 1 aromatic rings. The molecule has 2 aliphatic rings. The first kappa shape index (κ1) is 9.63. The van der Waals surface area contributed by atoms with E-state index < -0.39 is 0 Å². The van der Waals surface area contributed by atoms with Crippen molar-refractivity contribution < 1.29 is 9.18 Å². The van der Waals surface area contributed by atoms with E-state index in [0.717, 1.165) is 19.3 Å². The average molecular weight is 220 g/mol. The van der Waals surface area contributed by atoms with Gasteiger partial charge < -0.3 is 10.6 Å². The van der Waals surface area contributed by atoms with Crippen LogP contribution in [0.15, 0.2) is 18.2 Å². The number of halogens is 1. The topological polar surface area (TPSA) is 41.1 Å². The Labute approximate surface area is 93.0 Å². The SMILES string of the molecule is O=C1Nc2ccc(F)cc2NC2CCCC12. The minimum Gasteiger partial charge on any atom is -0.380 e. The summed E-state index contributed by atoms with van der Waals surface area (Å²) in [5.41, 5.74) is 1.38. The predicted molar refractivity (Wildman–Crippen MR) is 59.8 cm³/mol. The highest BCUT2D eigenvalue weighted by Crippen LogP contribution is 2.35. The Bertz CT molecular complexity index is 447. The first-order valence-corrected chi connectivity index (χ1v) is 5.61. The van der Waals surface area contributed by atoms with Crippen LogP contribution in [0.1, 0.15) is 19.3 Å². The molecule has 1 heterocycles.